The highest BCUT2D eigenvalue weighted by Gasteiger charge is 2.30. The molecule has 2 amide bonds. The van der Waals surface area contributed by atoms with Crippen LogP contribution in [0.1, 0.15) is 28.1 Å². The average molecular weight is 519 g/mol. The van der Waals surface area contributed by atoms with Gasteiger partial charge in [-0.25, -0.2) is 19.3 Å². The van der Waals surface area contributed by atoms with Gasteiger partial charge in [-0.3, -0.25) is 4.98 Å². The molecule has 4 aromatic rings. The maximum atomic E-state index is 11.7. The summed E-state index contributed by atoms with van der Waals surface area (Å²) in [5, 5.41) is 24.9. The molecule has 0 saturated carbocycles. The van der Waals surface area contributed by atoms with Crippen LogP contribution in [0.3, 0.4) is 0 Å². The van der Waals surface area contributed by atoms with E-state index in [4.69, 9.17) is 9.84 Å². The SMILES string of the molecule is COc1c(C)cnc(Cn2nc3c4c(nc(N(C(=O)O)C(=O)O)nc42)SCC(c2ccccc2)=C3)c1C. The number of aryl methyl sites for hydroxylation is 1. The number of rotatable bonds is 5. The van der Waals surface area contributed by atoms with Gasteiger partial charge in [0.25, 0.3) is 0 Å². The summed E-state index contributed by atoms with van der Waals surface area (Å²) in [5.74, 6) is 0.780. The molecule has 0 bridgehead atoms. The first kappa shape index (κ1) is 24.3. The number of ether oxygens (including phenoxy) is 1. The number of hydrogen-bond donors (Lipinski definition) is 2. The third-order valence-electron chi connectivity index (χ3n) is 6.03. The molecule has 12 heteroatoms. The summed E-state index contributed by atoms with van der Waals surface area (Å²) in [6.07, 6.45) is 0.270. The molecule has 11 nitrogen and oxygen atoms in total. The largest absolute Gasteiger partial charge is 0.496 e. The Morgan fingerprint density at radius 1 is 1.14 bits per heavy atom. The molecular weight excluding hydrogens is 496 g/mol. The second kappa shape index (κ2) is 9.54. The molecule has 0 aliphatic carbocycles. The molecular formula is C25H22N6O5S. The predicted molar refractivity (Wildman–Crippen MR) is 138 cm³/mol. The van der Waals surface area contributed by atoms with Crippen LogP contribution in [-0.2, 0) is 6.54 Å². The fourth-order valence-electron chi connectivity index (χ4n) is 4.27. The van der Waals surface area contributed by atoms with E-state index in [1.807, 2.05) is 50.3 Å². The first-order chi connectivity index (χ1) is 17.8. The molecule has 3 aromatic heterocycles. The molecule has 5 rings (SSSR count). The van der Waals surface area contributed by atoms with E-state index in [1.165, 1.54) is 11.8 Å². The molecule has 0 atom stereocenters. The maximum absolute atomic E-state index is 11.7. The van der Waals surface area contributed by atoms with Gasteiger partial charge in [-0.15, -0.1) is 16.7 Å². The zero-order valence-corrected chi connectivity index (χ0v) is 21.0. The number of methoxy groups -OCH3 is 1. The van der Waals surface area contributed by atoms with Crippen LogP contribution in [-0.4, -0.2) is 60.0 Å². The third-order valence-corrected chi connectivity index (χ3v) is 7.05. The van der Waals surface area contributed by atoms with Crippen LogP contribution in [0.2, 0.25) is 0 Å². The molecule has 1 aliphatic heterocycles. The van der Waals surface area contributed by atoms with Crippen molar-refractivity contribution in [3.05, 3.63) is 64.6 Å². The number of amides is 2. The van der Waals surface area contributed by atoms with Crippen LogP contribution in [0.15, 0.2) is 41.6 Å². The first-order valence-electron chi connectivity index (χ1n) is 11.2. The van der Waals surface area contributed by atoms with Crippen molar-refractivity contribution in [2.45, 2.75) is 25.4 Å². The second-order valence-corrected chi connectivity index (χ2v) is 9.31. The lowest BCUT2D eigenvalue weighted by molar-refractivity contribution is 0.183. The number of thioether (sulfide) groups is 1. The van der Waals surface area contributed by atoms with Gasteiger partial charge in [0.15, 0.2) is 5.65 Å². The van der Waals surface area contributed by atoms with Crippen molar-refractivity contribution in [3.63, 3.8) is 0 Å². The highest BCUT2D eigenvalue weighted by molar-refractivity contribution is 7.99. The number of hydrogen-bond acceptors (Lipinski definition) is 8. The Labute approximate surface area is 215 Å². The molecule has 1 aliphatic rings. The number of anilines is 1. The Balaban J connectivity index is 1.72. The Morgan fingerprint density at radius 3 is 2.54 bits per heavy atom. The molecule has 188 valence electrons. The molecule has 0 radical (unpaired) electrons. The summed E-state index contributed by atoms with van der Waals surface area (Å²) in [7, 11) is 1.60. The lowest BCUT2D eigenvalue weighted by atomic mass is 10.1. The number of carboxylic acid groups (broad SMARTS) is 2. The van der Waals surface area contributed by atoms with Crippen LogP contribution in [0.4, 0.5) is 15.5 Å². The number of nitrogens with zero attached hydrogens (tertiary/aromatic N) is 6. The van der Waals surface area contributed by atoms with E-state index >= 15 is 0 Å². The lowest BCUT2D eigenvalue weighted by Gasteiger charge is -2.14. The van der Waals surface area contributed by atoms with Crippen molar-refractivity contribution in [1.82, 2.24) is 24.7 Å². The molecule has 37 heavy (non-hydrogen) atoms. The fourth-order valence-corrected chi connectivity index (χ4v) is 5.30. The summed E-state index contributed by atoms with van der Waals surface area (Å²) in [5.41, 5.74) is 5.33. The Bertz CT molecular complexity index is 1570. The Kier molecular flexibility index (Phi) is 6.25. The number of benzene rings is 1. The van der Waals surface area contributed by atoms with Crippen LogP contribution in [0.25, 0.3) is 22.7 Å². The standard InChI is InChI=1S/C25H22N6O5S/c1-13-10-26-18(14(2)20(13)36-3)11-30-21-19-17(29-30)9-16(15-7-5-4-6-8-15)12-37-22(19)28-23(27-21)31(24(32)33)25(34)35/h4-10H,11-12H2,1-3H3,(H,32,33)(H,34,35). The van der Waals surface area contributed by atoms with Gasteiger partial charge in [0.1, 0.15) is 10.8 Å². The number of carbonyl (C=O) groups is 2. The van der Waals surface area contributed by atoms with Crippen LogP contribution in [0, 0.1) is 13.8 Å². The minimum Gasteiger partial charge on any atom is -0.496 e. The van der Waals surface area contributed by atoms with E-state index in [0.717, 1.165) is 22.3 Å². The van der Waals surface area contributed by atoms with Gasteiger partial charge in [-0.2, -0.15) is 10.1 Å². The summed E-state index contributed by atoms with van der Waals surface area (Å²) in [4.78, 5) is 36.8. The normalized spacial score (nSPS) is 12.7. The highest BCUT2D eigenvalue weighted by atomic mass is 32.2. The fraction of sp³-hybridized carbons (Fsp3) is 0.200. The summed E-state index contributed by atoms with van der Waals surface area (Å²) < 4.78 is 7.13. The van der Waals surface area contributed by atoms with Gasteiger partial charge in [-0.05, 0) is 31.1 Å². The molecule has 0 unspecified atom stereocenters. The third kappa shape index (κ3) is 4.35. The molecule has 1 aromatic carbocycles. The van der Waals surface area contributed by atoms with E-state index < -0.39 is 18.1 Å². The summed E-state index contributed by atoms with van der Waals surface area (Å²) >= 11 is 1.37. The van der Waals surface area contributed by atoms with Crippen LogP contribution >= 0.6 is 11.8 Å². The van der Waals surface area contributed by atoms with E-state index in [1.54, 1.807) is 18.0 Å². The molecule has 0 spiro atoms. The zero-order chi connectivity index (χ0) is 26.3. The molecule has 4 heterocycles. The topological polar surface area (TPSA) is 144 Å². The molecule has 0 saturated heterocycles. The van der Waals surface area contributed by atoms with Gasteiger partial charge in [-0.1, -0.05) is 30.3 Å². The van der Waals surface area contributed by atoms with Gasteiger partial charge in [0, 0.05) is 23.1 Å². The summed E-state index contributed by atoms with van der Waals surface area (Å²) in [6.45, 7) is 4.01. The lowest BCUT2D eigenvalue weighted by Crippen LogP contribution is -2.36. The minimum absolute atomic E-state index is 0.0995. The number of aromatic nitrogens is 5. The Hall–Kier alpha value is -4.45. The summed E-state index contributed by atoms with van der Waals surface area (Å²) in [6, 6.07) is 9.82. The maximum Gasteiger partial charge on any atom is 0.424 e. The smallest absolute Gasteiger partial charge is 0.424 e. The van der Waals surface area contributed by atoms with E-state index in [2.05, 4.69) is 15.0 Å². The van der Waals surface area contributed by atoms with Gasteiger partial charge < -0.3 is 14.9 Å². The quantitative estimate of drug-likeness (QED) is 0.357. The van der Waals surface area contributed by atoms with Crippen molar-refractivity contribution in [2.75, 3.05) is 17.8 Å². The zero-order valence-electron chi connectivity index (χ0n) is 20.2. The second-order valence-electron chi connectivity index (χ2n) is 8.34. The molecule has 2 N–H and O–H groups in total. The highest BCUT2D eigenvalue weighted by Crippen LogP contribution is 2.38. The van der Waals surface area contributed by atoms with Crippen molar-refractivity contribution in [1.29, 1.82) is 0 Å². The van der Waals surface area contributed by atoms with Gasteiger partial charge in [0.2, 0.25) is 5.95 Å². The van der Waals surface area contributed by atoms with Crippen molar-refractivity contribution in [3.8, 4) is 5.75 Å². The van der Waals surface area contributed by atoms with Crippen LogP contribution < -0.4 is 9.64 Å². The number of pyridine rings is 1. The van der Waals surface area contributed by atoms with Crippen molar-refractivity contribution >= 4 is 52.6 Å². The van der Waals surface area contributed by atoms with Gasteiger partial charge >= 0.3 is 12.2 Å². The van der Waals surface area contributed by atoms with E-state index in [-0.39, 0.29) is 11.4 Å². The van der Waals surface area contributed by atoms with Gasteiger partial charge in [0.05, 0.1) is 30.4 Å². The average Bonchev–Trinajstić information content (AvgIpc) is 3.09. The van der Waals surface area contributed by atoms with Crippen molar-refractivity contribution in [2.24, 2.45) is 0 Å². The monoisotopic (exact) mass is 518 g/mol. The number of imide groups is 1. The van der Waals surface area contributed by atoms with Crippen LogP contribution in [0.5, 0.6) is 5.75 Å². The first-order valence-corrected chi connectivity index (χ1v) is 12.2. The minimum atomic E-state index is -1.70. The molecule has 0 fully saturated rings. The van der Waals surface area contributed by atoms with E-state index in [0.29, 0.717) is 38.9 Å². The van der Waals surface area contributed by atoms with Crippen molar-refractivity contribution < 1.29 is 24.5 Å². The predicted octanol–water partition coefficient (Wildman–Crippen LogP) is 4.70. The van der Waals surface area contributed by atoms with E-state index in [9.17, 15) is 19.8 Å². The Morgan fingerprint density at radius 2 is 1.86 bits per heavy atom.